The van der Waals surface area contributed by atoms with Crippen molar-refractivity contribution < 1.29 is 9.53 Å². The maximum Gasteiger partial charge on any atom is 0.248 e. The fraction of sp³-hybridized carbons (Fsp3) is 0.588. The lowest BCUT2D eigenvalue weighted by atomic mass is 9.83. The molecule has 114 valence electrons. The second-order valence-electron chi connectivity index (χ2n) is 6.34. The molecule has 2 aliphatic rings. The van der Waals surface area contributed by atoms with Crippen molar-refractivity contribution in [1.29, 1.82) is 0 Å². The van der Waals surface area contributed by atoms with E-state index in [2.05, 4.69) is 5.32 Å². The first kappa shape index (κ1) is 14.4. The minimum Gasteiger partial charge on any atom is -0.382 e. The highest BCUT2D eigenvalue weighted by atomic mass is 16.5. The van der Waals surface area contributed by atoms with Gasteiger partial charge in [0.15, 0.2) is 0 Å². The zero-order valence-corrected chi connectivity index (χ0v) is 12.4. The number of anilines is 1. The number of amides is 1. The predicted octanol–water partition coefficient (Wildman–Crippen LogP) is 3.08. The third-order valence-electron chi connectivity index (χ3n) is 4.81. The monoisotopic (exact) mass is 288 g/mol. The number of hydrogen-bond donors (Lipinski definition) is 2. The standard InChI is InChI=1S/C17H24N2O2/c18-16(20)13-4-6-14(7-5-13)19-12-15-8-11-17(21-15)9-2-1-3-10-17/h4-7,15,19H,1-3,8-12H2,(H2,18,20). The maximum absolute atomic E-state index is 11.0. The Hall–Kier alpha value is -1.55. The van der Waals surface area contributed by atoms with Gasteiger partial charge in [-0.3, -0.25) is 4.79 Å². The number of nitrogens with one attached hydrogen (secondary N) is 1. The Balaban J connectivity index is 1.50. The third-order valence-corrected chi connectivity index (χ3v) is 4.81. The van der Waals surface area contributed by atoms with Gasteiger partial charge in [-0.15, -0.1) is 0 Å². The van der Waals surface area contributed by atoms with Crippen LogP contribution >= 0.6 is 0 Å². The van der Waals surface area contributed by atoms with E-state index in [0.717, 1.165) is 18.7 Å². The van der Waals surface area contributed by atoms with Crippen LogP contribution in [0.4, 0.5) is 5.69 Å². The van der Waals surface area contributed by atoms with E-state index in [9.17, 15) is 4.79 Å². The molecule has 1 aromatic carbocycles. The molecule has 1 saturated carbocycles. The smallest absolute Gasteiger partial charge is 0.248 e. The van der Waals surface area contributed by atoms with Crippen LogP contribution in [0.2, 0.25) is 0 Å². The lowest BCUT2D eigenvalue weighted by molar-refractivity contribution is -0.0588. The number of nitrogens with two attached hydrogens (primary N) is 1. The van der Waals surface area contributed by atoms with Crippen molar-refractivity contribution in [2.24, 2.45) is 5.73 Å². The molecule has 3 rings (SSSR count). The lowest BCUT2D eigenvalue weighted by Crippen LogP contribution is -2.33. The minimum absolute atomic E-state index is 0.181. The molecule has 2 fully saturated rings. The van der Waals surface area contributed by atoms with Crippen LogP contribution in [0, 0.1) is 0 Å². The molecule has 1 heterocycles. The normalized spacial score (nSPS) is 24.1. The van der Waals surface area contributed by atoms with Gasteiger partial charge in [0.2, 0.25) is 5.91 Å². The Morgan fingerprint density at radius 1 is 1.19 bits per heavy atom. The van der Waals surface area contributed by atoms with Gasteiger partial charge < -0.3 is 15.8 Å². The second-order valence-corrected chi connectivity index (χ2v) is 6.34. The van der Waals surface area contributed by atoms with Gasteiger partial charge >= 0.3 is 0 Å². The fourth-order valence-corrected chi connectivity index (χ4v) is 3.59. The van der Waals surface area contributed by atoms with E-state index >= 15 is 0 Å². The van der Waals surface area contributed by atoms with Gasteiger partial charge in [0.1, 0.15) is 0 Å². The van der Waals surface area contributed by atoms with E-state index in [1.807, 2.05) is 12.1 Å². The van der Waals surface area contributed by atoms with Crippen molar-refractivity contribution in [1.82, 2.24) is 0 Å². The van der Waals surface area contributed by atoms with Gasteiger partial charge in [-0.05, 0) is 49.9 Å². The topological polar surface area (TPSA) is 64.4 Å². The van der Waals surface area contributed by atoms with Crippen LogP contribution in [0.5, 0.6) is 0 Å². The second kappa shape index (κ2) is 6.06. The average molecular weight is 288 g/mol. The van der Waals surface area contributed by atoms with E-state index in [-0.39, 0.29) is 11.5 Å². The van der Waals surface area contributed by atoms with Crippen LogP contribution < -0.4 is 11.1 Å². The Kier molecular flexibility index (Phi) is 4.15. The minimum atomic E-state index is -0.389. The summed E-state index contributed by atoms with van der Waals surface area (Å²) in [6, 6.07) is 7.29. The van der Waals surface area contributed by atoms with Crippen LogP contribution in [0.15, 0.2) is 24.3 Å². The molecule has 4 heteroatoms. The molecule has 1 unspecified atom stereocenters. The summed E-state index contributed by atoms with van der Waals surface area (Å²) in [6.45, 7) is 0.831. The van der Waals surface area contributed by atoms with Crippen LogP contribution in [-0.2, 0) is 4.74 Å². The molecule has 21 heavy (non-hydrogen) atoms. The van der Waals surface area contributed by atoms with E-state index in [4.69, 9.17) is 10.5 Å². The van der Waals surface area contributed by atoms with Gasteiger partial charge in [-0.25, -0.2) is 0 Å². The summed E-state index contributed by atoms with van der Waals surface area (Å²) in [4.78, 5) is 11.0. The highest BCUT2D eigenvalue weighted by Crippen LogP contribution is 2.41. The first-order chi connectivity index (χ1) is 10.2. The van der Waals surface area contributed by atoms with Gasteiger partial charge in [0.05, 0.1) is 11.7 Å². The van der Waals surface area contributed by atoms with Crippen molar-refractivity contribution in [3.63, 3.8) is 0 Å². The molecule has 4 nitrogen and oxygen atoms in total. The van der Waals surface area contributed by atoms with Gasteiger partial charge in [0.25, 0.3) is 0 Å². The molecule has 1 saturated heterocycles. The summed E-state index contributed by atoms with van der Waals surface area (Å²) >= 11 is 0. The van der Waals surface area contributed by atoms with Crippen LogP contribution in [-0.4, -0.2) is 24.2 Å². The van der Waals surface area contributed by atoms with Gasteiger partial charge in [-0.2, -0.15) is 0 Å². The molecule has 1 aliphatic heterocycles. The first-order valence-electron chi connectivity index (χ1n) is 7.98. The fourth-order valence-electron chi connectivity index (χ4n) is 3.59. The van der Waals surface area contributed by atoms with Crippen LogP contribution in [0.25, 0.3) is 0 Å². The summed E-state index contributed by atoms with van der Waals surface area (Å²) in [5.41, 5.74) is 6.97. The molecule has 1 amide bonds. The largest absolute Gasteiger partial charge is 0.382 e. The Bertz CT molecular complexity index is 492. The van der Waals surface area contributed by atoms with Crippen molar-refractivity contribution in [3.8, 4) is 0 Å². The van der Waals surface area contributed by atoms with E-state index in [1.165, 1.54) is 38.5 Å². The average Bonchev–Trinajstić information content (AvgIpc) is 2.89. The van der Waals surface area contributed by atoms with Crippen LogP contribution in [0.1, 0.15) is 55.3 Å². The summed E-state index contributed by atoms with van der Waals surface area (Å²) in [7, 11) is 0. The molecule has 3 N–H and O–H groups in total. The first-order valence-corrected chi connectivity index (χ1v) is 7.98. The number of hydrogen-bond acceptors (Lipinski definition) is 3. The zero-order chi connectivity index (χ0) is 14.7. The van der Waals surface area contributed by atoms with E-state index < -0.39 is 0 Å². The quantitative estimate of drug-likeness (QED) is 0.895. The Morgan fingerprint density at radius 3 is 2.57 bits per heavy atom. The third kappa shape index (κ3) is 3.38. The van der Waals surface area contributed by atoms with E-state index in [0.29, 0.717) is 11.7 Å². The summed E-state index contributed by atoms with van der Waals surface area (Å²) in [5.74, 6) is -0.389. The number of benzene rings is 1. The molecular formula is C17H24N2O2. The summed E-state index contributed by atoms with van der Waals surface area (Å²) in [5, 5.41) is 3.40. The molecule has 0 bridgehead atoms. The molecule has 0 radical (unpaired) electrons. The number of carbonyl (C=O) groups is 1. The van der Waals surface area contributed by atoms with Crippen LogP contribution in [0.3, 0.4) is 0 Å². The lowest BCUT2D eigenvalue weighted by Gasteiger charge is -2.33. The van der Waals surface area contributed by atoms with Crippen molar-refractivity contribution in [2.75, 3.05) is 11.9 Å². The molecule has 0 aromatic heterocycles. The predicted molar refractivity (Wildman–Crippen MR) is 83.4 cm³/mol. The molecule has 1 atom stereocenters. The molecular weight excluding hydrogens is 264 g/mol. The number of ether oxygens (including phenoxy) is 1. The summed E-state index contributed by atoms with van der Waals surface area (Å²) < 4.78 is 6.34. The molecule has 1 spiro atoms. The Morgan fingerprint density at radius 2 is 1.90 bits per heavy atom. The van der Waals surface area contributed by atoms with Gasteiger partial charge in [0, 0.05) is 17.8 Å². The SMILES string of the molecule is NC(=O)c1ccc(NCC2CCC3(CCCCC3)O2)cc1. The number of carbonyl (C=O) groups excluding carboxylic acids is 1. The molecule has 1 aliphatic carbocycles. The maximum atomic E-state index is 11.0. The highest BCUT2D eigenvalue weighted by molar-refractivity contribution is 5.93. The Labute approximate surface area is 126 Å². The highest BCUT2D eigenvalue weighted by Gasteiger charge is 2.40. The van der Waals surface area contributed by atoms with E-state index in [1.54, 1.807) is 12.1 Å². The van der Waals surface area contributed by atoms with Crippen molar-refractivity contribution in [2.45, 2.75) is 56.7 Å². The van der Waals surface area contributed by atoms with Gasteiger partial charge in [-0.1, -0.05) is 19.3 Å². The number of primary amides is 1. The zero-order valence-electron chi connectivity index (χ0n) is 12.4. The molecule has 1 aromatic rings. The van der Waals surface area contributed by atoms with Crippen molar-refractivity contribution in [3.05, 3.63) is 29.8 Å². The van der Waals surface area contributed by atoms with Crippen molar-refractivity contribution >= 4 is 11.6 Å². The number of rotatable bonds is 4. The summed E-state index contributed by atoms with van der Waals surface area (Å²) in [6.07, 6.45) is 9.11.